The standard InChI is InChI=1S/C28H33N3O2/c1-4-20-17-26(30-18-21(20)5-2)27(24-15-16-29-25-14-10-9-13-23(24)25)33-28(32)31-19(3)22-11-7-6-8-12-22/h5-16,19-21,26-27,30H,2,4,17-18H2,1,3H3,(H,31,32)/p+1/t19-,20+,21+,26-,27+/m1/s1. The van der Waals surface area contributed by atoms with Crippen LogP contribution in [0.2, 0.25) is 0 Å². The number of amides is 1. The number of carbonyl (C=O) groups excluding carboxylic acids is 1. The minimum atomic E-state index is -0.399. The Morgan fingerprint density at radius 3 is 2.73 bits per heavy atom. The van der Waals surface area contributed by atoms with Crippen molar-refractivity contribution >= 4 is 17.0 Å². The molecule has 3 N–H and O–H groups in total. The topological polar surface area (TPSA) is 67.8 Å². The molecule has 0 aliphatic carbocycles. The second-order valence-corrected chi connectivity index (χ2v) is 8.96. The number of nitrogens with one attached hydrogen (secondary N) is 1. The first-order chi connectivity index (χ1) is 16.1. The van der Waals surface area contributed by atoms with Crippen molar-refractivity contribution < 1.29 is 14.8 Å². The number of nitrogens with zero attached hydrogens (tertiary/aromatic N) is 1. The van der Waals surface area contributed by atoms with Gasteiger partial charge in [0.1, 0.15) is 6.04 Å². The molecule has 5 atom stereocenters. The molecule has 172 valence electrons. The third kappa shape index (κ3) is 5.25. The number of pyridine rings is 1. The van der Waals surface area contributed by atoms with Crippen LogP contribution >= 0.6 is 0 Å². The molecule has 3 aromatic rings. The first-order valence-corrected chi connectivity index (χ1v) is 11.9. The number of rotatable bonds is 7. The van der Waals surface area contributed by atoms with Gasteiger partial charge >= 0.3 is 6.09 Å². The van der Waals surface area contributed by atoms with Gasteiger partial charge in [0.05, 0.1) is 18.1 Å². The molecule has 5 nitrogen and oxygen atoms in total. The summed E-state index contributed by atoms with van der Waals surface area (Å²) in [5.74, 6) is 1.01. The number of piperidine rings is 1. The Kier molecular flexibility index (Phi) is 7.40. The van der Waals surface area contributed by atoms with Gasteiger partial charge in [-0.15, -0.1) is 6.58 Å². The highest BCUT2D eigenvalue weighted by Gasteiger charge is 2.38. The van der Waals surface area contributed by atoms with E-state index in [4.69, 9.17) is 4.74 Å². The van der Waals surface area contributed by atoms with Gasteiger partial charge in [0.25, 0.3) is 0 Å². The van der Waals surface area contributed by atoms with Gasteiger partial charge in [-0.25, -0.2) is 4.79 Å². The SMILES string of the molecule is C=C[C@H]1C[NH2+][C@@H]([C@@H](OC(=O)N[C@H](C)c2ccccc2)c2ccnc3ccccc23)C[C@@H]1CC. The maximum atomic E-state index is 13.1. The van der Waals surface area contributed by atoms with E-state index in [1.165, 1.54) is 0 Å². The predicted molar refractivity (Wildman–Crippen MR) is 132 cm³/mol. The summed E-state index contributed by atoms with van der Waals surface area (Å²) in [5.41, 5.74) is 2.97. The van der Waals surface area contributed by atoms with Crippen molar-refractivity contribution in [3.63, 3.8) is 0 Å². The minimum Gasteiger partial charge on any atom is -0.435 e. The van der Waals surface area contributed by atoms with Crippen molar-refractivity contribution in [2.75, 3.05) is 6.54 Å². The van der Waals surface area contributed by atoms with Crippen LogP contribution in [-0.4, -0.2) is 23.7 Å². The zero-order valence-electron chi connectivity index (χ0n) is 19.5. The fourth-order valence-electron chi connectivity index (χ4n) is 5.05. The molecule has 5 heteroatoms. The number of carbonyl (C=O) groups is 1. The van der Waals surface area contributed by atoms with Crippen LogP contribution in [0.15, 0.2) is 79.5 Å². The van der Waals surface area contributed by atoms with Crippen molar-refractivity contribution in [2.45, 2.75) is 44.9 Å². The Morgan fingerprint density at radius 2 is 1.97 bits per heavy atom. The third-order valence-corrected chi connectivity index (χ3v) is 6.96. The highest BCUT2D eigenvalue weighted by Crippen LogP contribution is 2.33. The summed E-state index contributed by atoms with van der Waals surface area (Å²) in [7, 11) is 0. The fraction of sp³-hybridized carbons (Fsp3) is 0.357. The van der Waals surface area contributed by atoms with Gasteiger partial charge in [0, 0.05) is 29.5 Å². The van der Waals surface area contributed by atoms with E-state index in [9.17, 15) is 4.79 Å². The molecule has 1 aliphatic heterocycles. The highest BCUT2D eigenvalue weighted by molar-refractivity contribution is 5.82. The Bertz CT molecular complexity index is 1080. The number of hydrogen-bond acceptors (Lipinski definition) is 3. The van der Waals surface area contributed by atoms with Gasteiger partial charge in [0.2, 0.25) is 0 Å². The quantitative estimate of drug-likeness (QED) is 0.508. The Balaban J connectivity index is 1.61. The van der Waals surface area contributed by atoms with E-state index in [1.807, 2.05) is 67.7 Å². The summed E-state index contributed by atoms with van der Waals surface area (Å²) in [6.45, 7) is 9.20. The molecule has 1 saturated heterocycles. The molecule has 2 heterocycles. The Morgan fingerprint density at radius 1 is 1.21 bits per heavy atom. The van der Waals surface area contributed by atoms with E-state index in [0.717, 1.165) is 41.4 Å². The summed E-state index contributed by atoms with van der Waals surface area (Å²) in [6, 6.07) is 20.0. The molecule has 2 aromatic carbocycles. The maximum Gasteiger partial charge on any atom is 0.408 e. The van der Waals surface area contributed by atoms with Crippen LogP contribution in [0.25, 0.3) is 10.9 Å². The van der Waals surface area contributed by atoms with Crippen LogP contribution in [-0.2, 0) is 4.74 Å². The van der Waals surface area contributed by atoms with E-state index < -0.39 is 6.09 Å². The normalized spacial score (nSPS) is 22.3. The molecule has 0 spiro atoms. The van der Waals surface area contributed by atoms with Crippen molar-refractivity contribution in [3.05, 3.63) is 90.6 Å². The fourth-order valence-corrected chi connectivity index (χ4v) is 5.05. The molecule has 4 rings (SSSR count). The lowest BCUT2D eigenvalue weighted by atomic mass is 9.79. The molecule has 1 aliphatic rings. The largest absolute Gasteiger partial charge is 0.435 e. The van der Waals surface area contributed by atoms with Crippen molar-refractivity contribution in [1.82, 2.24) is 10.3 Å². The van der Waals surface area contributed by atoms with Crippen LogP contribution in [0.3, 0.4) is 0 Å². The lowest BCUT2D eigenvalue weighted by Gasteiger charge is -2.36. The zero-order chi connectivity index (χ0) is 23.2. The predicted octanol–water partition coefficient (Wildman–Crippen LogP) is 4.93. The second-order valence-electron chi connectivity index (χ2n) is 8.96. The number of ether oxygens (including phenoxy) is 1. The van der Waals surface area contributed by atoms with Gasteiger partial charge in [0.15, 0.2) is 6.10 Å². The van der Waals surface area contributed by atoms with Crippen molar-refractivity contribution in [1.29, 1.82) is 0 Å². The molecule has 0 bridgehead atoms. The third-order valence-electron chi connectivity index (χ3n) is 6.96. The van der Waals surface area contributed by atoms with Gasteiger partial charge in [-0.05, 0) is 30.5 Å². The lowest BCUT2D eigenvalue weighted by Crippen LogP contribution is -2.94. The van der Waals surface area contributed by atoms with E-state index in [2.05, 4.69) is 41.3 Å². The summed E-state index contributed by atoms with van der Waals surface area (Å²) in [6.07, 6.45) is 5.17. The average Bonchev–Trinajstić information content (AvgIpc) is 2.87. The smallest absolute Gasteiger partial charge is 0.408 e. The van der Waals surface area contributed by atoms with E-state index >= 15 is 0 Å². The van der Waals surface area contributed by atoms with Gasteiger partial charge < -0.3 is 15.4 Å². The van der Waals surface area contributed by atoms with Crippen LogP contribution in [0.4, 0.5) is 4.79 Å². The van der Waals surface area contributed by atoms with E-state index in [0.29, 0.717) is 11.8 Å². The summed E-state index contributed by atoms with van der Waals surface area (Å²) in [5, 5.41) is 6.38. The Labute approximate surface area is 196 Å². The number of nitrogens with two attached hydrogens (primary N) is 1. The lowest BCUT2D eigenvalue weighted by molar-refractivity contribution is -0.712. The number of hydrogen-bond donors (Lipinski definition) is 2. The molecule has 0 unspecified atom stereocenters. The number of alkyl carbamates (subject to hydrolysis) is 1. The number of aromatic nitrogens is 1. The summed E-state index contributed by atoms with van der Waals surface area (Å²) >= 11 is 0. The average molecular weight is 445 g/mol. The summed E-state index contributed by atoms with van der Waals surface area (Å²) < 4.78 is 6.20. The van der Waals surface area contributed by atoms with Crippen molar-refractivity contribution in [3.8, 4) is 0 Å². The number of quaternary nitrogens is 1. The molecule has 0 radical (unpaired) electrons. The van der Waals surface area contributed by atoms with Gasteiger partial charge in [-0.1, -0.05) is 68.0 Å². The number of fused-ring (bicyclic) bond motifs is 1. The molecule has 0 saturated carbocycles. The minimum absolute atomic E-state index is 0.134. The first kappa shape index (κ1) is 23.0. The molecular weight excluding hydrogens is 410 g/mol. The van der Waals surface area contributed by atoms with Crippen LogP contribution in [0, 0.1) is 11.8 Å². The Hall–Kier alpha value is -3.18. The van der Waals surface area contributed by atoms with Crippen LogP contribution in [0.5, 0.6) is 0 Å². The zero-order valence-corrected chi connectivity index (χ0v) is 19.5. The van der Waals surface area contributed by atoms with Crippen molar-refractivity contribution in [2.24, 2.45) is 11.8 Å². The van der Waals surface area contributed by atoms with Gasteiger partial charge in [-0.3, -0.25) is 4.98 Å². The van der Waals surface area contributed by atoms with Crippen LogP contribution < -0.4 is 10.6 Å². The summed E-state index contributed by atoms with van der Waals surface area (Å²) in [4.78, 5) is 17.6. The molecule has 1 amide bonds. The molecule has 33 heavy (non-hydrogen) atoms. The first-order valence-electron chi connectivity index (χ1n) is 11.9. The highest BCUT2D eigenvalue weighted by atomic mass is 16.6. The van der Waals surface area contributed by atoms with Gasteiger partial charge in [-0.2, -0.15) is 0 Å². The number of benzene rings is 2. The maximum absolute atomic E-state index is 13.1. The molecule has 1 aromatic heterocycles. The second kappa shape index (κ2) is 10.6. The van der Waals surface area contributed by atoms with Crippen LogP contribution in [0.1, 0.15) is 50.0 Å². The molecule has 1 fully saturated rings. The monoisotopic (exact) mass is 444 g/mol. The molecular formula is C28H34N3O2+. The van der Waals surface area contributed by atoms with E-state index in [-0.39, 0.29) is 18.2 Å². The number of para-hydroxylation sites is 1. The van der Waals surface area contributed by atoms with E-state index in [1.54, 1.807) is 0 Å².